The lowest BCUT2D eigenvalue weighted by Crippen LogP contribution is -2.40. The summed E-state index contributed by atoms with van der Waals surface area (Å²) in [6.07, 6.45) is 1.85. The van der Waals surface area contributed by atoms with Gasteiger partial charge in [0.15, 0.2) is 6.61 Å². The van der Waals surface area contributed by atoms with Gasteiger partial charge in [-0.3, -0.25) is 4.79 Å². The first-order valence-corrected chi connectivity index (χ1v) is 10.1. The summed E-state index contributed by atoms with van der Waals surface area (Å²) in [5.74, 6) is 2.70. The Morgan fingerprint density at radius 3 is 2.54 bits per heavy atom. The Labute approximate surface area is 165 Å². The zero-order chi connectivity index (χ0) is 19.5. The van der Waals surface area contributed by atoms with Gasteiger partial charge in [0, 0.05) is 19.0 Å². The van der Waals surface area contributed by atoms with Crippen LogP contribution >= 0.6 is 0 Å². The van der Waals surface area contributed by atoms with Crippen LogP contribution in [0.2, 0.25) is 0 Å². The Kier molecular flexibility index (Phi) is 5.33. The molecule has 0 unspecified atom stereocenters. The highest BCUT2D eigenvalue weighted by Gasteiger charge is 2.26. The van der Waals surface area contributed by atoms with Crippen LogP contribution in [0.5, 0.6) is 5.75 Å². The van der Waals surface area contributed by atoms with E-state index in [1.165, 1.54) is 5.56 Å². The zero-order valence-corrected chi connectivity index (χ0v) is 16.5. The van der Waals surface area contributed by atoms with Crippen molar-refractivity contribution in [3.05, 3.63) is 59.9 Å². The number of H-pyrrole nitrogens is 1. The van der Waals surface area contributed by atoms with E-state index in [2.05, 4.69) is 37.0 Å². The first-order valence-electron chi connectivity index (χ1n) is 10.1. The monoisotopic (exact) mass is 377 g/mol. The SMILES string of the molecule is CC(C)c1ccc(OCC(=O)N2CCC(c3nc4ccccc4[nH]3)CC2)cc1. The number of likely N-dealkylation sites (tertiary alicyclic amines) is 1. The molecule has 1 saturated heterocycles. The smallest absolute Gasteiger partial charge is 0.260 e. The van der Waals surface area contributed by atoms with Crippen molar-refractivity contribution in [1.82, 2.24) is 14.9 Å². The van der Waals surface area contributed by atoms with E-state index in [9.17, 15) is 4.79 Å². The molecule has 1 fully saturated rings. The summed E-state index contributed by atoms with van der Waals surface area (Å²) >= 11 is 0. The second-order valence-corrected chi connectivity index (χ2v) is 7.81. The molecule has 5 nitrogen and oxygen atoms in total. The van der Waals surface area contributed by atoms with Crippen LogP contribution in [0.4, 0.5) is 0 Å². The van der Waals surface area contributed by atoms with Crippen LogP contribution in [-0.2, 0) is 4.79 Å². The molecule has 0 spiro atoms. The fourth-order valence-electron chi connectivity index (χ4n) is 3.75. The van der Waals surface area contributed by atoms with Crippen molar-refractivity contribution in [2.45, 2.75) is 38.5 Å². The second kappa shape index (κ2) is 8.05. The number of ether oxygens (including phenoxy) is 1. The molecule has 5 heteroatoms. The van der Waals surface area contributed by atoms with Gasteiger partial charge in [-0.05, 0) is 48.6 Å². The van der Waals surface area contributed by atoms with Crippen molar-refractivity contribution >= 4 is 16.9 Å². The third-order valence-electron chi connectivity index (χ3n) is 5.55. The number of hydrogen-bond acceptors (Lipinski definition) is 3. The van der Waals surface area contributed by atoms with Crippen molar-refractivity contribution < 1.29 is 9.53 Å². The molecule has 0 atom stereocenters. The van der Waals surface area contributed by atoms with E-state index >= 15 is 0 Å². The third kappa shape index (κ3) is 4.03. The van der Waals surface area contributed by atoms with Gasteiger partial charge < -0.3 is 14.6 Å². The summed E-state index contributed by atoms with van der Waals surface area (Å²) < 4.78 is 5.70. The average molecular weight is 377 g/mol. The minimum absolute atomic E-state index is 0.0518. The number of piperidine rings is 1. The normalized spacial score (nSPS) is 15.3. The van der Waals surface area contributed by atoms with Crippen molar-refractivity contribution in [3.8, 4) is 5.75 Å². The van der Waals surface area contributed by atoms with Gasteiger partial charge >= 0.3 is 0 Å². The Morgan fingerprint density at radius 2 is 1.86 bits per heavy atom. The standard InChI is InChI=1S/C23H27N3O2/c1-16(2)17-7-9-19(10-8-17)28-15-22(27)26-13-11-18(12-14-26)23-24-20-5-3-4-6-21(20)25-23/h3-10,16,18H,11-15H2,1-2H3,(H,24,25). The number of carbonyl (C=O) groups excluding carboxylic acids is 1. The number of nitrogens with one attached hydrogen (secondary N) is 1. The molecule has 1 aliphatic heterocycles. The Hall–Kier alpha value is -2.82. The molecule has 0 bridgehead atoms. The van der Waals surface area contributed by atoms with Crippen LogP contribution in [0.3, 0.4) is 0 Å². The topological polar surface area (TPSA) is 58.2 Å². The molecular weight excluding hydrogens is 350 g/mol. The van der Waals surface area contributed by atoms with Crippen LogP contribution in [0.25, 0.3) is 11.0 Å². The van der Waals surface area contributed by atoms with E-state index in [1.807, 2.05) is 35.2 Å². The van der Waals surface area contributed by atoms with Crippen molar-refractivity contribution in [3.63, 3.8) is 0 Å². The highest BCUT2D eigenvalue weighted by Crippen LogP contribution is 2.28. The molecule has 0 saturated carbocycles. The number of aromatic amines is 1. The predicted molar refractivity (Wildman–Crippen MR) is 111 cm³/mol. The number of carbonyl (C=O) groups is 1. The van der Waals surface area contributed by atoms with Crippen LogP contribution in [0, 0.1) is 0 Å². The highest BCUT2D eigenvalue weighted by molar-refractivity contribution is 5.78. The summed E-state index contributed by atoms with van der Waals surface area (Å²) in [4.78, 5) is 22.6. The maximum Gasteiger partial charge on any atom is 0.260 e. The first-order chi connectivity index (χ1) is 13.6. The lowest BCUT2D eigenvalue weighted by Gasteiger charge is -2.31. The van der Waals surface area contributed by atoms with Gasteiger partial charge in [-0.2, -0.15) is 0 Å². The number of nitrogens with zero attached hydrogens (tertiary/aromatic N) is 2. The molecule has 2 heterocycles. The summed E-state index contributed by atoms with van der Waals surface area (Å²) in [6, 6.07) is 16.1. The molecule has 1 amide bonds. The number of fused-ring (bicyclic) bond motifs is 1. The number of hydrogen-bond donors (Lipinski definition) is 1. The lowest BCUT2D eigenvalue weighted by atomic mass is 9.96. The molecule has 0 radical (unpaired) electrons. The largest absolute Gasteiger partial charge is 0.484 e. The molecule has 2 aromatic carbocycles. The molecule has 1 aromatic heterocycles. The van der Waals surface area contributed by atoms with E-state index in [-0.39, 0.29) is 12.5 Å². The summed E-state index contributed by atoms with van der Waals surface area (Å²) in [6.45, 7) is 5.91. The molecule has 0 aliphatic carbocycles. The number of amides is 1. The molecule has 3 aromatic rings. The summed E-state index contributed by atoms with van der Waals surface area (Å²) in [5.41, 5.74) is 3.35. The van der Waals surface area contributed by atoms with Crippen molar-refractivity contribution in [2.24, 2.45) is 0 Å². The summed E-state index contributed by atoms with van der Waals surface area (Å²) in [5, 5.41) is 0. The Balaban J connectivity index is 1.28. The van der Waals surface area contributed by atoms with Crippen LogP contribution < -0.4 is 4.74 Å². The second-order valence-electron chi connectivity index (χ2n) is 7.81. The van der Waals surface area contributed by atoms with Crippen molar-refractivity contribution in [1.29, 1.82) is 0 Å². The maximum absolute atomic E-state index is 12.5. The minimum Gasteiger partial charge on any atom is -0.484 e. The minimum atomic E-state index is 0.0518. The van der Waals surface area contributed by atoms with Crippen LogP contribution in [0.1, 0.15) is 49.9 Å². The molecule has 28 heavy (non-hydrogen) atoms. The third-order valence-corrected chi connectivity index (χ3v) is 5.55. The fourth-order valence-corrected chi connectivity index (χ4v) is 3.75. The van der Waals surface area contributed by atoms with E-state index in [4.69, 9.17) is 9.72 Å². The highest BCUT2D eigenvalue weighted by atomic mass is 16.5. The number of rotatable bonds is 5. The van der Waals surface area contributed by atoms with E-state index in [0.717, 1.165) is 48.5 Å². The fraction of sp³-hybridized carbons (Fsp3) is 0.391. The number of benzene rings is 2. The van der Waals surface area contributed by atoms with Gasteiger partial charge in [0.25, 0.3) is 5.91 Å². The molecule has 1 N–H and O–H groups in total. The average Bonchev–Trinajstić information content (AvgIpc) is 3.16. The lowest BCUT2D eigenvalue weighted by molar-refractivity contribution is -0.134. The quantitative estimate of drug-likeness (QED) is 0.714. The van der Waals surface area contributed by atoms with E-state index in [1.54, 1.807) is 0 Å². The van der Waals surface area contributed by atoms with E-state index in [0.29, 0.717) is 11.8 Å². The summed E-state index contributed by atoms with van der Waals surface area (Å²) in [7, 11) is 0. The van der Waals surface area contributed by atoms with Crippen molar-refractivity contribution in [2.75, 3.05) is 19.7 Å². The van der Waals surface area contributed by atoms with Gasteiger partial charge in [0.2, 0.25) is 0 Å². The molecule has 146 valence electrons. The maximum atomic E-state index is 12.5. The molecule has 4 rings (SSSR count). The van der Waals surface area contributed by atoms with Gasteiger partial charge in [0.05, 0.1) is 11.0 Å². The van der Waals surface area contributed by atoms with Crippen LogP contribution in [0.15, 0.2) is 48.5 Å². The van der Waals surface area contributed by atoms with Gasteiger partial charge in [0.1, 0.15) is 11.6 Å². The number of para-hydroxylation sites is 2. The number of imidazole rings is 1. The predicted octanol–water partition coefficient (Wildman–Crippen LogP) is 4.47. The van der Waals surface area contributed by atoms with E-state index < -0.39 is 0 Å². The van der Waals surface area contributed by atoms with Gasteiger partial charge in [-0.25, -0.2) is 4.98 Å². The molecule has 1 aliphatic rings. The van der Waals surface area contributed by atoms with Gasteiger partial charge in [-0.1, -0.05) is 38.1 Å². The zero-order valence-electron chi connectivity index (χ0n) is 16.5. The molecular formula is C23H27N3O2. The first kappa shape index (κ1) is 18.5. The number of aromatic nitrogens is 2. The van der Waals surface area contributed by atoms with Crippen LogP contribution in [-0.4, -0.2) is 40.5 Å². The Bertz CT molecular complexity index is 905. The Morgan fingerprint density at radius 1 is 1.14 bits per heavy atom. The van der Waals surface area contributed by atoms with Gasteiger partial charge in [-0.15, -0.1) is 0 Å².